The molecule has 2 heteroatoms. The highest BCUT2D eigenvalue weighted by Crippen LogP contribution is 2.22. The van der Waals surface area contributed by atoms with Gasteiger partial charge >= 0.3 is 0 Å². The Morgan fingerprint density at radius 2 is 2.08 bits per heavy atom. The smallest absolute Gasteiger partial charge is 0.130 e. The third-order valence-electron chi connectivity index (χ3n) is 1.81. The molecule has 0 saturated carbocycles. The summed E-state index contributed by atoms with van der Waals surface area (Å²) >= 11 is 1.75. The Balaban J connectivity index is 2.45. The summed E-state index contributed by atoms with van der Waals surface area (Å²) in [6.07, 6.45) is 0.666. The van der Waals surface area contributed by atoms with Crippen LogP contribution in [0.15, 0.2) is 29.2 Å². The molecule has 1 aromatic carbocycles. The van der Waals surface area contributed by atoms with Gasteiger partial charge in [0, 0.05) is 17.1 Å². The molecule has 0 amide bonds. The summed E-state index contributed by atoms with van der Waals surface area (Å²) in [5, 5.41) is 0. The van der Waals surface area contributed by atoms with E-state index >= 15 is 0 Å². The van der Waals surface area contributed by atoms with E-state index in [9.17, 15) is 4.79 Å². The molecule has 1 nitrogen and oxygen atoms in total. The number of carbonyl (C=O) groups excluding carboxylic acids is 1. The van der Waals surface area contributed by atoms with E-state index in [2.05, 4.69) is 19.1 Å². The predicted octanol–water partition coefficient (Wildman–Crippen LogP) is 3.07. The Hall–Kier alpha value is -0.760. The summed E-state index contributed by atoms with van der Waals surface area (Å²) in [6.45, 7) is 3.73. The van der Waals surface area contributed by atoms with Crippen LogP contribution in [0, 0.1) is 6.92 Å². The molecule has 0 aromatic heterocycles. The summed E-state index contributed by atoms with van der Waals surface area (Å²) in [7, 11) is 0. The normalized spacial score (nSPS) is 10.0. The first-order chi connectivity index (χ1) is 6.20. The Labute approximate surface area is 83.5 Å². The van der Waals surface area contributed by atoms with Crippen molar-refractivity contribution in [1.82, 2.24) is 0 Å². The minimum atomic E-state index is 0.265. The van der Waals surface area contributed by atoms with E-state index in [0.717, 1.165) is 5.75 Å². The summed E-state index contributed by atoms with van der Waals surface area (Å²) in [5.41, 5.74) is 1.29. The van der Waals surface area contributed by atoms with Crippen molar-refractivity contribution in [3.05, 3.63) is 29.8 Å². The number of benzene rings is 1. The first kappa shape index (κ1) is 10.3. The summed E-state index contributed by atoms with van der Waals surface area (Å²) in [6, 6.07) is 8.25. The van der Waals surface area contributed by atoms with Crippen LogP contribution in [0.25, 0.3) is 0 Å². The van der Waals surface area contributed by atoms with Crippen LogP contribution in [-0.4, -0.2) is 11.5 Å². The van der Waals surface area contributed by atoms with Crippen molar-refractivity contribution in [3.8, 4) is 0 Å². The van der Waals surface area contributed by atoms with Crippen LogP contribution in [-0.2, 0) is 4.79 Å². The molecule has 0 N–H and O–H groups in total. The lowest BCUT2D eigenvalue weighted by atomic mass is 10.2. The molecule has 0 saturated heterocycles. The fourth-order valence-corrected chi connectivity index (χ4v) is 2.10. The van der Waals surface area contributed by atoms with Gasteiger partial charge in [0.05, 0.1) is 0 Å². The second-order valence-corrected chi connectivity index (χ2v) is 4.20. The Morgan fingerprint density at radius 3 is 2.69 bits per heavy atom. The van der Waals surface area contributed by atoms with Crippen molar-refractivity contribution in [3.63, 3.8) is 0 Å². The number of hydrogen-bond donors (Lipinski definition) is 0. The van der Waals surface area contributed by atoms with Crippen molar-refractivity contribution < 1.29 is 4.79 Å². The molecule has 13 heavy (non-hydrogen) atoms. The SMILES string of the molecule is CC(=O)CCSc1ccccc1C. The molecule has 0 heterocycles. The standard InChI is InChI=1S/C11H14OS/c1-9-5-3-4-6-11(9)13-8-7-10(2)12/h3-6H,7-8H2,1-2H3. The van der Waals surface area contributed by atoms with Gasteiger partial charge in [0.15, 0.2) is 0 Å². The second-order valence-electron chi connectivity index (χ2n) is 3.07. The zero-order valence-corrected chi connectivity index (χ0v) is 8.86. The van der Waals surface area contributed by atoms with Crippen molar-refractivity contribution in [1.29, 1.82) is 0 Å². The van der Waals surface area contributed by atoms with E-state index in [1.807, 2.05) is 12.1 Å². The summed E-state index contributed by atoms with van der Waals surface area (Å²) < 4.78 is 0. The zero-order chi connectivity index (χ0) is 9.68. The van der Waals surface area contributed by atoms with E-state index in [4.69, 9.17) is 0 Å². The monoisotopic (exact) mass is 194 g/mol. The van der Waals surface area contributed by atoms with E-state index in [0.29, 0.717) is 6.42 Å². The van der Waals surface area contributed by atoms with Gasteiger partial charge in [-0.25, -0.2) is 0 Å². The van der Waals surface area contributed by atoms with Crippen molar-refractivity contribution in [2.24, 2.45) is 0 Å². The number of aryl methyl sites for hydroxylation is 1. The molecule has 0 fully saturated rings. The molecule has 0 radical (unpaired) electrons. The van der Waals surface area contributed by atoms with Gasteiger partial charge in [-0.1, -0.05) is 18.2 Å². The Bertz CT molecular complexity index is 294. The van der Waals surface area contributed by atoms with Crippen LogP contribution in [0.4, 0.5) is 0 Å². The molecule has 1 aromatic rings. The number of carbonyl (C=O) groups is 1. The fraction of sp³-hybridized carbons (Fsp3) is 0.364. The average Bonchev–Trinajstić information content (AvgIpc) is 2.08. The van der Waals surface area contributed by atoms with Crippen LogP contribution in [0.1, 0.15) is 18.9 Å². The highest BCUT2D eigenvalue weighted by atomic mass is 32.2. The maximum Gasteiger partial charge on any atom is 0.130 e. The molecular formula is C11H14OS. The lowest BCUT2D eigenvalue weighted by Gasteiger charge is -2.03. The molecular weight excluding hydrogens is 180 g/mol. The molecule has 0 aliphatic carbocycles. The molecule has 1 rings (SSSR count). The molecule has 0 aliphatic heterocycles. The van der Waals surface area contributed by atoms with Gasteiger partial charge in [0.25, 0.3) is 0 Å². The van der Waals surface area contributed by atoms with Gasteiger partial charge in [-0.15, -0.1) is 11.8 Å². The van der Waals surface area contributed by atoms with E-state index < -0.39 is 0 Å². The van der Waals surface area contributed by atoms with Crippen LogP contribution in [0.2, 0.25) is 0 Å². The highest BCUT2D eigenvalue weighted by Gasteiger charge is 1.98. The maximum atomic E-state index is 10.7. The molecule has 0 spiro atoms. The molecule has 0 unspecified atom stereocenters. The van der Waals surface area contributed by atoms with Gasteiger partial charge in [0.1, 0.15) is 5.78 Å². The lowest BCUT2D eigenvalue weighted by molar-refractivity contribution is -0.116. The highest BCUT2D eigenvalue weighted by molar-refractivity contribution is 7.99. The van der Waals surface area contributed by atoms with Gasteiger partial charge in [-0.3, -0.25) is 4.79 Å². The van der Waals surface area contributed by atoms with Crippen molar-refractivity contribution >= 4 is 17.5 Å². The number of thioether (sulfide) groups is 1. The van der Waals surface area contributed by atoms with Gasteiger partial charge < -0.3 is 0 Å². The van der Waals surface area contributed by atoms with Gasteiger partial charge in [0.2, 0.25) is 0 Å². The molecule has 0 atom stereocenters. The number of rotatable bonds is 4. The summed E-state index contributed by atoms with van der Waals surface area (Å²) in [5.74, 6) is 1.15. The molecule has 0 aliphatic rings. The zero-order valence-electron chi connectivity index (χ0n) is 8.04. The first-order valence-electron chi connectivity index (χ1n) is 4.38. The summed E-state index contributed by atoms with van der Waals surface area (Å²) in [4.78, 5) is 12.0. The van der Waals surface area contributed by atoms with Crippen LogP contribution >= 0.6 is 11.8 Å². The van der Waals surface area contributed by atoms with Crippen molar-refractivity contribution in [2.45, 2.75) is 25.2 Å². The average molecular weight is 194 g/mol. The fourth-order valence-electron chi connectivity index (χ4n) is 1.02. The molecule has 0 bridgehead atoms. The minimum absolute atomic E-state index is 0.265. The van der Waals surface area contributed by atoms with E-state index in [-0.39, 0.29) is 5.78 Å². The minimum Gasteiger partial charge on any atom is -0.300 e. The maximum absolute atomic E-state index is 10.7. The van der Waals surface area contributed by atoms with Crippen LogP contribution in [0.5, 0.6) is 0 Å². The van der Waals surface area contributed by atoms with Gasteiger partial charge in [-0.05, 0) is 25.5 Å². The van der Waals surface area contributed by atoms with Crippen molar-refractivity contribution in [2.75, 3.05) is 5.75 Å². The van der Waals surface area contributed by atoms with E-state index in [1.54, 1.807) is 18.7 Å². The number of hydrogen-bond acceptors (Lipinski definition) is 2. The van der Waals surface area contributed by atoms with Gasteiger partial charge in [-0.2, -0.15) is 0 Å². The second kappa shape index (κ2) is 5.07. The predicted molar refractivity (Wildman–Crippen MR) is 57.2 cm³/mol. The third kappa shape index (κ3) is 3.64. The third-order valence-corrected chi connectivity index (χ3v) is 2.98. The first-order valence-corrected chi connectivity index (χ1v) is 5.36. The van der Waals surface area contributed by atoms with Crippen LogP contribution < -0.4 is 0 Å². The number of Topliss-reactive ketones (excluding diaryl/α,β-unsaturated/α-hetero) is 1. The Morgan fingerprint density at radius 1 is 1.38 bits per heavy atom. The largest absolute Gasteiger partial charge is 0.300 e. The Kier molecular flexibility index (Phi) is 4.03. The lowest BCUT2D eigenvalue weighted by Crippen LogP contribution is -1.91. The topological polar surface area (TPSA) is 17.1 Å². The number of ketones is 1. The van der Waals surface area contributed by atoms with E-state index in [1.165, 1.54) is 10.5 Å². The molecule has 70 valence electrons. The van der Waals surface area contributed by atoms with Crippen LogP contribution in [0.3, 0.4) is 0 Å². The quantitative estimate of drug-likeness (QED) is 0.685.